The maximum absolute atomic E-state index is 12.6. The first-order chi connectivity index (χ1) is 14.9. The van der Waals surface area contributed by atoms with Crippen LogP contribution in [0.1, 0.15) is 57.4 Å². The zero-order valence-corrected chi connectivity index (χ0v) is 19.0. The van der Waals surface area contributed by atoms with Crippen LogP contribution in [0.4, 0.5) is 0 Å². The summed E-state index contributed by atoms with van der Waals surface area (Å²) in [6, 6.07) is 9.58. The topological polar surface area (TPSA) is 73.9 Å². The summed E-state index contributed by atoms with van der Waals surface area (Å²) >= 11 is 4.15. The number of hydroxylamine groups is 1. The Bertz CT molecular complexity index is 735. The molecule has 0 saturated heterocycles. The molecule has 0 amide bonds. The molecule has 5 rings (SSSR count). The van der Waals surface area contributed by atoms with Gasteiger partial charge in [-0.05, 0) is 61.8 Å². The fourth-order valence-corrected chi connectivity index (χ4v) is 5.95. The largest absolute Gasteiger partial charge is 0.435 e. The van der Waals surface area contributed by atoms with Crippen LogP contribution in [0, 0.1) is 23.7 Å². The number of rotatable bonds is 10. The van der Waals surface area contributed by atoms with E-state index in [1.807, 2.05) is 30.3 Å². The number of thiol groups is 1. The van der Waals surface area contributed by atoms with Crippen LogP contribution >= 0.6 is 12.6 Å². The normalized spacial score (nSPS) is 30.6. The Balaban J connectivity index is 1.31. The minimum absolute atomic E-state index is 0.0813. The number of carbonyl (C=O) groups is 2. The molecular formula is C24H33NO5S. The highest BCUT2D eigenvalue weighted by Gasteiger charge is 2.51. The Morgan fingerprint density at radius 1 is 1.10 bits per heavy atom. The molecule has 7 heteroatoms. The highest BCUT2D eigenvalue weighted by molar-refractivity contribution is 7.80. The minimum Gasteiger partial charge on any atom is -0.435 e. The number of nitrogens with one attached hydrogen (secondary N) is 1. The van der Waals surface area contributed by atoms with Crippen molar-refractivity contribution >= 4 is 24.6 Å². The number of ether oxygens (including phenoxy) is 2. The van der Waals surface area contributed by atoms with Crippen LogP contribution in [-0.4, -0.2) is 29.5 Å². The van der Waals surface area contributed by atoms with Gasteiger partial charge in [0.1, 0.15) is 6.42 Å². The number of hydrogen-bond donors (Lipinski definition) is 2. The lowest BCUT2D eigenvalue weighted by Crippen LogP contribution is -2.58. The zero-order chi connectivity index (χ0) is 21.8. The SMILES string of the molecule is C[C@H](CS)C(=O)OC(CC(=O)ONC12CC3CC(CC(C3)C1)C2)OCc1ccccc1. The standard InChI is InChI=1S/C24H33NO5S/c1-16(15-31)23(27)29-22(28-14-17-5-3-2-4-6-17)10-21(26)30-25-24-11-18-7-19(12-24)9-20(8-18)13-24/h2-6,16,18-20,22,25,31H,7-15H2,1H3/t16-,18?,19?,20?,22?,24?/m1/s1. The van der Waals surface area contributed by atoms with E-state index in [1.54, 1.807) is 6.92 Å². The summed E-state index contributed by atoms with van der Waals surface area (Å²) in [6.45, 7) is 1.97. The Kier molecular flexibility index (Phi) is 7.24. The Labute approximate surface area is 189 Å². The molecule has 1 aromatic rings. The first-order valence-corrected chi connectivity index (χ1v) is 12.0. The van der Waals surface area contributed by atoms with Gasteiger partial charge in [-0.15, -0.1) is 5.48 Å². The van der Waals surface area contributed by atoms with Gasteiger partial charge in [-0.1, -0.05) is 37.3 Å². The molecule has 0 spiro atoms. The fourth-order valence-electron chi connectivity index (χ4n) is 5.80. The van der Waals surface area contributed by atoms with Gasteiger partial charge in [0, 0.05) is 5.75 Å². The second kappa shape index (κ2) is 9.92. The van der Waals surface area contributed by atoms with E-state index in [1.165, 1.54) is 19.3 Å². The van der Waals surface area contributed by atoms with Gasteiger partial charge in [0.05, 0.1) is 18.1 Å². The minimum atomic E-state index is -0.999. The van der Waals surface area contributed by atoms with Gasteiger partial charge in [0.15, 0.2) is 0 Å². The second-order valence-corrected chi connectivity index (χ2v) is 10.1. The van der Waals surface area contributed by atoms with Gasteiger partial charge in [-0.2, -0.15) is 12.6 Å². The lowest BCUT2D eigenvalue weighted by atomic mass is 9.53. The molecule has 31 heavy (non-hydrogen) atoms. The van der Waals surface area contributed by atoms with Gasteiger partial charge in [-0.25, -0.2) is 0 Å². The molecule has 0 heterocycles. The smallest absolute Gasteiger partial charge is 0.331 e. The van der Waals surface area contributed by atoms with Gasteiger partial charge in [-0.3, -0.25) is 9.59 Å². The molecule has 1 aromatic carbocycles. The van der Waals surface area contributed by atoms with Gasteiger partial charge >= 0.3 is 11.9 Å². The molecule has 0 radical (unpaired) electrons. The van der Waals surface area contributed by atoms with Crippen LogP contribution in [0.25, 0.3) is 0 Å². The van der Waals surface area contributed by atoms with Crippen molar-refractivity contribution in [3.05, 3.63) is 35.9 Å². The van der Waals surface area contributed by atoms with E-state index >= 15 is 0 Å². The molecular weight excluding hydrogens is 414 g/mol. The third-order valence-corrected chi connectivity index (χ3v) is 7.50. The highest BCUT2D eigenvalue weighted by atomic mass is 32.1. The summed E-state index contributed by atoms with van der Waals surface area (Å²) < 4.78 is 11.2. The van der Waals surface area contributed by atoms with Crippen molar-refractivity contribution in [2.45, 2.75) is 70.3 Å². The first kappa shape index (κ1) is 22.6. The quantitative estimate of drug-likeness (QED) is 0.244. The third-order valence-electron chi connectivity index (χ3n) is 6.96. The first-order valence-electron chi connectivity index (χ1n) is 11.4. The Hall–Kier alpha value is -1.57. The van der Waals surface area contributed by atoms with Crippen molar-refractivity contribution in [2.24, 2.45) is 23.7 Å². The molecule has 2 atom stereocenters. The highest BCUT2D eigenvalue weighted by Crippen LogP contribution is 2.55. The molecule has 170 valence electrons. The van der Waals surface area contributed by atoms with Crippen LogP contribution in [0.3, 0.4) is 0 Å². The molecule has 1 N–H and O–H groups in total. The lowest BCUT2D eigenvalue weighted by Gasteiger charge is -2.56. The molecule has 4 aliphatic rings. The molecule has 4 aliphatic carbocycles. The summed E-state index contributed by atoms with van der Waals surface area (Å²) in [7, 11) is 0. The fraction of sp³-hybridized carbons (Fsp3) is 0.667. The van der Waals surface area contributed by atoms with Crippen molar-refractivity contribution in [3.8, 4) is 0 Å². The van der Waals surface area contributed by atoms with Crippen molar-refractivity contribution in [3.63, 3.8) is 0 Å². The van der Waals surface area contributed by atoms with Gasteiger partial charge in [0.2, 0.25) is 6.29 Å². The second-order valence-electron chi connectivity index (χ2n) is 9.72. The predicted octanol–water partition coefficient (Wildman–Crippen LogP) is 4.05. The van der Waals surface area contributed by atoms with E-state index in [-0.39, 0.29) is 24.5 Å². The third kappa shape index (κ3) is 5.82. The predicted molar refractivity (Wildman–Crippen MR) is 119 cm³/mol. The molecule has 4 bridgehead atoms. The van der Waals surface area contributed by atoms with Crippen molar-refractivity contribution in [1.29, 1.82) is 0 Å². The van der Waals surface area contributed by atoms with Gasteiger partial charge in [0.25, 0.3) is 0 Å². The van der Waals surface area contributed by atoms with Crippen LogP contribution in [0.2, 0.25) is 0 Å². The summed E-state index contributed by atoms with van der Waals surface area (Å²) in [6.07, 6.45) is 6.05. The van der Waals surface area contributed by atoms with Crippen molar-refractivity contribution in [2.75, 3.05) is 5.75 Å². The van der Waals surface area contributed by atoms with Crippen LogP contribution in [0.5, 0.6) is 0 Å². The molecule has 0 aromatic heterocycles. The molecule has 6 nitrogen and oxygen atoms in total. The van der Waals surface area contributed by atoms with Crippen LogP contribution in [0.15, 0.2) is 30.3 Å². The monoisotopic (exact) mass is 447 g/mol. The number of esters is 1. The van der Waals surface area contributed by atoms with Crippen LogP contribution in [-0.2, 0) is 30.5 Å². The van der Waals surface area contributed by atoms with E-state index < -0.39 is 18.2 Å². The summed E-state index contributed by atoms with van der Waals surface area (Å²) in [4.78, 5) is 30.4. The van der Waals surface area contributed by atoms with Crippen molar-refractivity contribution in [1.82, 2.24) is 5.48 Å². The number of carbonyl (C=O) groups excluding carboxylic acids is 2. The van der Waals surface area contributed by atoms with E-state index in [2.05, 4.69) is 18.1 Å². The van der Waals surface area contributed by atoms with Crippen molar-refractivity contribution < 1.29 is 23.9 Å². The maximum atomic E-state index is 12.6. The molecule has 1 unspecified atom stereocenters. The Morgan fingerprint density at radius 2 is 1.71 bits per heavy atom. The summed E-state index contributed by atoms with van der Waals surface area (Å²) in [5.41, 5.74) is 3.99. The van der Waals surface area contributed by atoms with Crippen LogP contribution < -0.4 is 5.48 Å². The number of hydrogen-bond acceptors (Lipinski definition) is 7. The van der Waals surface area contributed by atoms with E-state index in [9.17, 15) is 9.59 Å². The average molecular weight is 448 g/mol. The summed E-state index contributed by atoms with van der Waals surface area (Å²) in [5.74, 6) is 1.33. The Morgan fingerprint density at radius 3 is 2.29 bits per heavy atom. The number of benzene rings is 1. The summed E-state index contributed by atoms with van der Waals surface area (Å²) in [5, 5.41) is 0. The molecule has 4 fully saturated rings. The van der Waals surface area contributed by atoms with E-state index in [4.69, 9.17) is 14.3 Å². The maximum Gasteiger partial charge on any atom is 0.331 e. The van der Waals surface area contributed by atoms with E-state index in [0.717, 1.165) is 42.6 Å². The average Bonchev–Trinajstić information content (AvgIpc) is 2.75. The zero-order valence-electron chi connectivity index (χ0n) is 18.1. The molecule has 4 saturated carbocycles. The molecule has 0 aliphatic heterocycles. The van der Waals surface area contributed by atoms with E-state index in [0.29, 0.717) is 5.75 Å². The lowest BCUT2D eigenvalue weighted by molar-refractivity contribution is -0.196. The van der Waals surface area contributed by atoms with Gasteiger partial charge < -0.3 is 14.3 Å².